The molecule has 48 heavy (non-hydrogen) atoms. The van der Waals surface area contributed by atoms with Gasteiger partial charge in [0.1, 0.15) is 29.3 Å². The van der Waals surface area contributed by atoms with Crippen LogP contribution in [-0.4, -0.2) is 63.5 Å². The summed E-state index contributed by atoms with van der Waals surface area (Å²) in [5, 5.41) is 5.42. The smallest absolute Gasteiger partial charge is 0.408 e. The van der Waals surface area contributed by atoms with Gasteiger partial charge in [0.25, 0.3) is 0 Å². The minimum atomic E-state index is -1.45. The van der Waals surface area contributed by atoms with Gasteiger partial charge >= 0.3 is 12.1 Å². The fourth-order valence-electron chi connectivity index (χ4n) is 5.08. The number of aryl methyl sites for hydroxylation is 2. The molecule has 0 radical (unpaired) electrons. The van der Waals surface area contributed by atoms with Crippen LogP contribution in [0.5, 0.6) is 0 Å². The van der Waals surface area contributed by atoms with Gasteiger partial charge in [-0.25, -0.2) is 9.59 Å². The first-order chi connectivity index (χ1) is 22.0. The number of carbonyl (C=O) groups excluding carboxylic acids is 5. The maximum Gasteiger partial charge on any atom is 0.408 e. The summed E-state index contributed by atoms with van der Waals surface area (Å²) in [6.45, 7) is 19.4. The number of esters is 1. The summed E-state index contributed by atoms with van der Waals surface area (Å²) in [5.41, 5.74) is 5.71. The quantitative estimate of drug-likeness (QED) is 0.248. The van der Waals surface area contributed by atoms with Gasteiger partial charge in [-0.3, -0.25) is 14.4 Å². The molecular formula is C37H54N4O7. The lowest BCUT2D eigenvalue weighted by atomic mass is 9.89. The van der Waals surface area contributed by atoms with Crippen molar-refractivity contribution in [2.75, 3.05) is 0 Å². The van der Waals surface area contributed by atoms with Crippen molar-refractivity contribution in [3.8, 4) is 0 Å². The third-order valence-electron chi connectivity index (χ3n) is 7.68. The van der Waals surface area contributed by atoms with Crippen molar-refractivity contribution < 1.29 is 33.4 Å². The number of carbonyl (C=O) groups is 5. The normalized spacial score (nSPS) is 13.8. The van der Waals surface area contributed by atoms with E-state index in [2.05, 4.69) is 10.6 Å². The van der Waals surface area contributed by atoms with Crippen molar-refractivity contribution in [1.29, 1.82) is 0 Å². The van der Waals surface area contributed by atoms with Gasteiger partial charge in [0.05, 0.1) is 6.42 Å². The summed E-state index contributed by atoms with van der Waals surface area (Å²) < 4.78 is 11.1. The molecule has 0 aliphatic heterocycles. The zero-order valence-corrected chi connectivity index (χ0v) is 30.4. The Morgan fingerprint density at radius 2 is 1.40 bits per heavy atom. The van der Waals surface area contributed by atoms with E-state index in [0.29, 0.717) is 17.5 Å². The third kappa shape index (κ3) is 12.0. The molecule has 4 amide bonds. The molecule has 3 atom stereocenters. The number of nitrogens with two attached hydrogens (primary N) is 1. The Kier molecular flexibility index (Phi) is 13.4. The molecule has 4 N–H and O–H groups in total. The van der Waals surface area contributed by atoms with Crippen LogP contribution in [0.4, 0.5) is 4.79 Å². The van der Waals surface area contributed by atoms with E-state index >= 15 is 0 Å². The summed E-state index contributed by atoms with van der Waals surface area (Å²) in [6.07, 6.45) is -0.930. The number of nitrogens with one attached hydrogen (secondary N) is 2. The molecule has 2 aromatic rings. The highest BCUT2D eigenvalue weighted by molar-refractivity contribution is 5.96. The lowest BCUT2D eigenvalue weighted by Gasteiger charge is -2.45. The third-order valence-corrected chi connectivity index (χ3v) is 7.68. The highest BCUT2D eigenvalue weighted by Gasteiger charge is 2.45. The zero-order valence-electron chi connectivity index (χ0n) is 30.4. The number of hydrogen-bond acceptors (Lipinski definition) is 7. The maximum absolute atomic E-state index is 14.7. The Bertz CT molecular complexity index is 1460. The van der Waals surface area contributed by atoms with Crippen molar-refractivity contribution in [3.05, 3.63) is 70.8 Å². The number of primary amides is 1. The topological polar surface area (TPSA) is 157 Å². The Hall–Kier alpha value is -4.41. The second-order valence-electron chi connectivity index (χ2n) is 14.8. The van der Waals surface area contributed by atoms with Gasteiger partial charge in [0.15, 0.2) is 0 Å². The van der Waals surface area contributed by atoms with Gasteiger partial charge in [-0.15, -0.1) is 0 Å². The molecular weight excluding hydrogens is 612 g/mol. The van der Waals surface area contributed by atoms with Crippen molar-refractivity contribution in [2.24, 2.45) is 5.73 Å². The van der Waals surface area contributed by atoms with Crippen molar-refractivity contribution in [2.45, 2.75) is 130 Å². The highest BCUT2D eigenvalue weighted by atomic mass is 16.6. The van der Waals surface area contributed by atoms with E-state index in [-0.39, 0.29) is 6.42 Å². The van der Waals surface area contributed by atoms with Crippen LogP contribution in [0.2, 0.25) is 0 Å². The van der Waals surface area contributed by atoms with Crippen LogP contribution < -0.4 is 16.4 Å². The van der Waals surface area contributed by atoms with E-state index in [1.807, 2.05) is 69.3 Å². The van der Waals surface area contributed by atoms with Gasteiger partial charge in [-0.1, -0.05) is 61.0 Å². The summed E-state index contributed by atoms with van der Waals surface area (Å²) in [6, 6.07) is 10.9. The number of ether oxygens (including phenoxy) is 2. The van der Waals surface area contributed by atoms with Crippen molar-refractivity contribution in [1.82, 2.24) is 15.5 Å². The molecule has 0 saturated carbocycles. The van der Waals surface area contributed by atoms with Crippen LogP contribution in [0.25, 0.3) is 0 Å². The Balaban J connectivity index is 2.77. The Labute approximate surface area is 285 Å². The first-order valence-electron chi connectivity index (χ1n) is 16.3. The maximum atomic E-state index is 14.7. The summed E-state index contributed by atoms with van der Waals surface area (Å²) in [5.74, 6) is -2.82. The predicted octanol–water partition coefficient (Wildman–Crippen LogP) is 5.20. The molecule has 0 aromatic heterocycles. The molecule has 2 rings (SSSR count). The van der Waals surface area contributed by atoms with Crippen molar-refractivity contribution >= 4 is 29.8 Å². The second kappa shape index (κ2) is 16.1. The Morgan fingerprint density at radius 3 is 1.92 bits per heavy atom. The molecule has 0 heterocycles. The number of rotatable bonds is 13. The molecule has 0 spiro atoms. The number of amides is 4. The average Bonchev–Trinajstić information content (AvgIpc) is 2.94. The molecule has 0 fully saturated rings. The predicted molar refractivity (Wildman–Crippen MR) is 185 cm³/mol. The Morgan fingerprint density at radius 1 is 0.812 bits per heavy atom. The molecule has 0 aliphatic rings. The van der Waals surface area contributed by atoms with E-state index in [1.54, 1.807) is 55.4 Å². The minimum Gasteiger partial charge on any atom is -0.458 e. The molecule has 0 saturated heterocycles. The summed E-state index contributed by atoms with van der Waals surface area (Å²) >= 11 is 0. The number of hydrogen-bond donors (Lipinski definition) is 3. The van der Waals surface area contributed by atoms with E-state index in [1.165, 1.54) is 4.90 Å². The fraction of sp³-hybridized carbons (Fsp3) is 0.541. The van der Waals surface area contributed by atoms with Crippen LogP contribution in [0.3, 0.4) is 0 Å². The fourth-order valence-corrected chi connectivity index (χ4v) is 5.08. The lowest BCUT2D eigenvalue weighted by molar-refractivity contribution is -0.159. The second-order valence-corrected chi connectivity index (χ2v) is 14.8. The van der Waals surface area contributed by atoms with E-state index in [9.17, 15) is 24.0 Å². The van der Waals surface area contributed by atoms with E-state index in [4.69, 9.17) is 15.2 Å². The van der Waals surface area contributed by atoms with Crippen molar-refractivity contribution in [3.63, 3.8) is 0 Å². The van der Waals surface area contributed by atoms with Gasteiger partial charge < -0.3 is 30.7 Å². The lowest BCUT2D eigenvalue weighted by Crippen LogP contribution is -2.61. The zero-order chi connectivity index (χ0) is 36.6. The van der Waals surface area contributed by atoms with Gasteiger partial charge in [0, 0.05) is 12.0 Å². The van der Waals surface area contributed by atoms with Crippen LogP contribution in [-0.2, 0) is 35.1 Å². The molecule has 11 heteroatoms. The highest BCUT2D eigenvalue weighted by Crippen LogP contribution is 2.34. The number of nitrogens with zero attached hydrogens (tertiary/aromatic N) is 1. The SMILES string of the molecule is CCC(C)(C)N(C(=O)C(CC(N)=O)NC(=O)OC(C)(C)C)C(C(=O)NC(Cc1ccccc1)C(=O)OC(C)(C)C)c1cc(C)ccc1C. The van der Waals surface area contributed by atoms with E-state index in [0.717, 1.165) is 11.1 Å². The monoisotopic (exact) mass is 666 g/mol. The first-order valence-corrected chi connectivity index (χ1v) is 16.3. The molecule has 11 nitrogen and oxygen atoms in total. The molecule has 264 valence electrons. The summed E-state index contributed by atoms with van der Waals surface area (Å²) in [7, 11) is 0. The standard InChI is InChI=1S/C37H54N4O7/c1-12-37(10,11)41(32(44)27(22-29(38)42)40-34(46)48-36(7,8)9)30(26-20-23(2)18-19-24(26)3)31(43)39-28(33(45)47-35(4,5)6)21-25-16-14-13-15-17-25/h13-20,27-28,30H,12,21-22H2,1-11H3,(H2,38,42)(H,39,43)(H,40,46). The number of benzene rings is 2. The van der Waals surface area contributed by atoms with Gasteiger partial charge in [0.2, 0.25) is 17.7 Å². The molecule has 0 bridgehead atoms. The summed E-state index contributed by atoms with van der Waals surface area (Å²) in [4.78, 5) is 69.5. The molecule has 2 aromatic carbocycles. The van der Waals surface area contributed by atoms with Gasteiger partial charge in [-0.2, -0.15) is 0 Å². The van der Waals surface area contributed by atoms with E-state index < -0.39 is 71.1 Å². The minimum absolute atomic E-state index is 0.136. The van der Waals surface area contributed by atoms with Gasteiger partial charge in [-0.05, 0) is 92.3 Å². The molecule has 0 aliphatic carbocycles. The van der Waals surface area contributed by atoms with Crippen LogP contribution in [0, 0.1) is 13.8 Å². The van der Waals surface area contributed by atoms with Crippen LogP contribution >= 0.6 is 0 Å². The largest absolute Gasteiger partial charge is 0.458 e. The van der Waals surface area contributed by atoms with Crippen LogP contribution in [0.15, 0.2) is 48.5 Å². The average molecular weight is 667 g/mol. The van der Waals surface area contributed by atoms with Crippen LogP contribution in [0.1, 0.15) is 103 Å². The number of alkyl carbamates (subject to hydrolysis) is 1. The first kappa shape index (κ1) is 39.8. The molecule has 3 unspecified atom stereocenters.